The van der Waals surface area contributed by atoms with Gasteiger partial charge < -0.3 is 40.4 Å². The number of nitrogens with one attached hydrogen (secondary N) is 2. The standard InChI is InChI=1S/C13H18N6O3S3.Cu/c1-8(16-18-12(23)14-3)9(2)17-19-13(24)15-10-4-6-11(7-5-10)25(20,21)22;/h4-7H,1-3H3,(H2,14,18,23)(H2,15,19,24)(H,20,21,22);/q;+2/p-3/b16-8+,17-9+;. The number of benzene rings is 1. The van der Waals surface area contributed by atoms with E-state index in [9.17, 15) is 13.0 Å². The van der Waals surface area contributed by atoms with Crippen molar-refractivity contribution in [1.29, 1.82) is 0 Å². The van der Waals surface area contributed by atoms with E-state index in [1.54, 1.807) is 20.9 Å². The number of hydrogen-bond donors (Lipinski definition) is 2. The van der Waals surface area contributed by atoms with Crippen molar-refractivity contribution >= 4 is 62.8 Å². The zero-order chi connectivity index (χ0) is 19.0. The van der Waals surface area contributed by atoms with Crippen molar-refractivity contribution in [3.05, 3.63) is 24.3 Å². The summed E-state index contributed by atoms with van der Waals surface area (Å²) in [4.78, 5) is -0.329. The van der Waals surface area contributed by atoms with E-state index in [-0.39, 0.29) is 32.3 Å². The molecule has 0 amide bonds. The summed E-state index contributed by atoms with van der Waals surface area (Å²) >= 11 is 9.85. The summed E-state index contributed by atoms with van der Waals surface area (Å²) in [6.07, 6.45) is 0. The van der Waals surface area contributed by atoms with Gasteiger partial charge in [0.1, 0.15) is 10.1 Å². The van der Waals surface area contributed by atoms with E-state index in [1.807, 2.05) is 0 Å². The van der Waals surface area contributed by atoms with Gasteiger partial charge in [0.05, 0.1) is 16.3 Å². The molecule has 0 saturated heterocycles. The first-order valence-electron chi connectivity index (χ1n) is 6.73. The molecule has 0 atom stereocenters. The van der Waals surface area contributed by atoms with Gasteiger partial charge in [-0.25, -0.2) is 8.42 Å². The summed E-state index contributed by atoms with van der Waals surface area (Å²) in [5.41, 5.74) is 1.46. The summed E-state index contributed by atoms with van der Waals surface area (Å²) in [5.74, 6) is 0. The average Bonchev–Trinajstić information content (AvgIpc) is 2.56. The fourth-order valence-electron chi connectivity index (χ4n) is 1.29. The number of amidine groups is 2. The van der Waals surface area contributed by atoms with Gasteiger partial charge in [-0.3, -0.25) is 0 Å². The SMILES string of the molecule is CN/C([S-])=N/N=C(C)/C(C)=N/N=C(\[S-])Nc1ccc(S(=O)(=O)[O-])cc1.[Cu+2]. The van der Waals surface area contributed by atoms with Crippen LogP contribution in [0.5, 0.6) is 0 Å². The Labute approximate surface area is 173 Å². The van der Waals surface area contributed by atoms with E-state index in [1.165, 1.54) is 24.3 Å². The monoisotopic (exact) mass is 462 g/mol. The minimum absolute atomic E-state index is 0. The first-order chi connectivity index (χ1) is 11.6. The molecule has 0 fully saturated rings. The van der Waals surface area contributed by atoms with Crippen molar-refractivity contribution in [3.63, 3.8) is 0 Å². The van der Waals surface area contributed by atoms with Crippen molar-refractivity contribution in [1.82, 2.24) is 5.32 Å². The van der Waals surface area contributed by atoms with E-state index in [4.69, 9.17) is 25.3 Å². The van der Waals surface area contributed by atoms with Crippen LogP contribution in [0.15, 0.2) is 49.6 Å². The summed E-state index contributed by atoms with van der Waals surface area (Å²) < 4.78 is 32.6. The summed E-state index contributed by atoms with van der Waals surface area (Å²) in [7, 11) is -2.85. The largest absolute Gasteiger partial charge is 2.00 e. The molecular formula is C13H15CuN6O3S3-. The van der Waals surface area contributed by atoms with Gasteiger partial charge in [0.25, 0.3) is 0 Å². The van der Waals surface area contributed by atoms with Crippen LogP contribution < -0.4 is 10.6 Å². The molecule has 0 aliphatic rings. The third-order valence-corrected chi connectivity index (χ3v) is 4.03. The summed E-state index contributed by atoms with van der Waals surface area (Å²) in [6.45, 7) is 3.37. The Hall–Kier alpha value is -1.63. The van der Waals surface area contributed by atoms with E-state index in [0.717, 1.165) is 0 Å². The molecular weight excluding hydrogens is 448 g/mol. The topological polar surface area (TPSA) is 131 Å². The Morgan fingerprint density at radius 3 is 1.85 bits per heavy atom. The second kappa shape index (κ2) is 11.2. The Kier molecular flexibility index (Phi) is 10.5. The average molecular weight is 463 g/mol. The zero-order valence-electron chi connectivity index (χ0n) is 13.8. The maximum Gasteiger partial charge on any atom is 2.00 e. The van der Waals surface area contributed by atoms with Crippen LogP contribution in [0.1, 0.15) is 13.8 Å². The number of hydrogen-bond acceptors (Lipinski definition) is 9. The van der Waals surface area contributed by atoms with E-state index < -0.39 is 10.1 Å². The molecule has 0 heterocycles. The zero-order valence-corrected chi connectivity index (χ0v) is 17.2. The summed E-state index contributed by atoms with van der Waals surface area (Å²) in [6, 6.07) is 5.14. The van der Waals surface area contributed by atoms with Crippen molar-refractivity contribution in [2.75, 3.05) is 12.4 Å². The minimum atomic E-state index is -4.48. The van der Waals surface area contributed by atoms with E-state index >= 15 is 0 Å². The van der Waals surface area contributed by atoms with Crippen LogP contribution in [0.2, 0.25) is 0 Å². The van der Waals surface area contributed by atoms with Gasteiger partial charge in [0.15, 0.2) is 0 Å². The van der Waals surface area contributed by atoms with Crippen LogP contribution in [0.25, 0.3) is 0 Å². The molecule has 1 aromatic rings. The van der Waals surface area contributed by atoms with Crippen LogP contribution in [-0.4, -0.2) is 41.8 Å². The van der Waals surface area contributed by atoms with Gasteiger partial charge in [-0.2, -0.15) is 20.4 Å². The first-order valence-corrected chi connectivity index (χ1v) is 8.95. The quantitative estimate of drug-likeness (QED) is 0.165. The maximum atomic E-state index is 10.9. The smallest absolute Gasteiger partial charge is 0.744 e. The first kappa shape index (κ1) is 24.4. The second-order valence-corrected chi connectivity index (χ2v) is 6.69. The summed E-state index contributed by atoms with van der Waals surface area (Å²) in [5, 5.41) is 21.1. The van der Waals surface area contributed by atoms with E-state index in [0.29, 0.717) is 17.1 Å². The Morgan fingerprint density at radius 1 is 0.962 bits per heavy atom. The van der Waals surface area contributed by atoms with Crippen LogP contribution in [0.4, 0.5) is 5.69 Å². The normalized spacial score (nSPS) is 13.8. The molecule has 1 rings (SSSR count). The molecule has 9 nitrogen and oxygen atoms in total. The molecule has 1 aromatic carbocycles. The van der Waals surface area contributed by atoms with Gasteiger partial charge >= 0.3 is 17.1 Å². The van der Waals surface area contributed by atoms with Gasteiger partial charge in [0.2, 0.25) is 0 Å². The Balaban J connectivity index is 0.00000625. The number of anilines is 1. The van der Waals surface area contributed by atoms with Crippen LogP contribution in [0.3, 0.4) is 0 Å². The van der Waals surface area contributed by atoms with Crippen LogP contribution >= 0.6 is 0 Å². The molecule has 13 heteroatoms. The minimum Gasteiger partial charge on any atom is -0.744 e. The Morgan fingerprint density at radius 2 is 1.42 bits per heavy atom. The molecule has 2 N–H and O–H groups in total. The van der Waals surface area contributed by atoms with Gasteiger partial charge in [-0.15, -0.1) is 0 Å². The van der Waals surface area contributed by atoms with Crippen LogP contribution in [0, 0.1) is 0 Å². The molecule has 1 radical (unpaired) electrons. The number of rotatable bonds is 5. The fourth-order valence-corrected chi connectivity index (χ4v) is 1.96. The second-order valence-electron chi connectivity index (χ2n) is 4.53. The third kappa shape index (κ3) is 8.65. The van der Waals surface area contributed by atoms with Crippen molar-refractivity contribution in [2.24, 2.45) is 20.4 Å². The molecule has 0 aliphatic carbocycles. The fraction of sp³-hybridized carbons (Fsp3) is 0.231. The maximum absolute atomic E-state index is 10.9. The predicted octanol–water partition coefficient (Wildman–Crippen LogP) is 0.777. The third-order valence-electron chi connectivity index (χ3n) is 2.71. The molecule has 0 bridgehead atoms. The van der Waals surface area contributed by atoms with Gasteiger partial charge in [0, 0.05) is 17.9 Å². The molecule has 0 spiro atoms. The van der Waals surface area contributed by atoms with Crippen molar-refractivity contribution in [2.45, 2.75) is 18.7 Å². The number of nitrogens with zero attached hydrogens (tertiary/aromatic N) is 4. The molecule has 145 valence electrons. The molecule has 0 unspecified atom stereocenters. The molecule has 26 heavy (non-hydrogen) atoms. The molecule has 0 aliphatic heterocycles. The van der Waals surface area contributed by atoms with E-state index in [2.05, 4.69) is 31.0 Å². The molecule has 0 aromatic heterocycles. The van der Waals surface area contributed by atoms with Crippen molar-refractivity contribution in [3.8, 4) is 0 Å². The molecule has 0 saturated carbocycles. The van der Waals surface area contributed by atoms with Gasteiger partial charge in [-0.05, 0) is 43.3 Å². The van der Waals surface area contributed by atoms with Crippen LogP contribution in [-0.2, 0) is 52.4 Å². The predicted molar refractivity (Wildman–Crippen MR) is 103 cm³/mol. The van der Waals surface area contributed by atoms with Crippen molar-refractivity contribution < 1.29 is 30.0 Å². The van der Waals surface area contributed by atoms with Gasteiger partial charge in [-0.1, -0.05) is 0 Å². The Bertz CT molecular complexity index is 835.